The van der Waals surface area contributed by atoms with Crippen LogP contribution in [0.3, 0.4) is 0 Å². The number of rotatable bonds is 9. The smallest absolute Gasteiger partial charge is 0.0730 e. The summed E-state index contributed by atoms with van der Waals surface area (Å²) in [6.45, 7) is 7.27. The SMILES string of the molecule is CCCC(OCC)C(Cc1ccc(CC)cc1)NC. The van der Waals surface area contributed by atoms with Crippen molar-refractivity contribution in [3.63, 3.8) is 0 Å². The molecular weight excluding hydrogens is 234 g/mol. The minimum absolute atomic E-state index is 0.311. The molecule has 1 aromatic carbocycles. The van der Waals surface area contributed by atoms with Crippen molar-refractivity contribution in [2.45, 2.75) is 58.6 Å². The molecule has 1 aromatic rings. The molecule has 0 aromatic heterocycles. The van der Waals surface area contributed by atoms with Crippen LogP contribution in [0.5, 0.6) is 0 Å². The van der Waals surface area contributed by atoms with Crippen molar-refractivity contribution in [3.8, 4) is 0 Å². The summed E-state index contributed by atoms with van der Waals surface area (Å²) in [4.78, 5) is 0. The van der Waals surface area contributed by atoms with E-state index in [1.54, 1.807) is 0 Å². The van der Waals surface area contributed by atoms with Crippen molar-refractivity contribution in [2.24, 2.45) is 0 Å². The molecule has 0 saturated heterocycles. The lowest BCUT2D eigenvalue weighted by Gasteiger charge is -2.26. The lowest BCUT2D eigenvalue weighted by Crippen LogP contribution is -2.41. The lowest BCUT2D eigenvalue weighted by molar-refractivity contribution is 0.0301. The molecular formula is C17H29NO. The Morgan fingerprint density at radius 2 is 1.68 bits per heavy atom. The molecule has 0 radical (unpaired) electrons. The van der Waals surface area contributed by atoms with Crippen LogP contribution in [0.25, 0.3) is 0 Å². The summed E-state index contributed by atoms with van der Waals surface area (Å²) < 4.78 is 5.89. The molecule has 0 heterocycles. The second-order valence-corrected chi connectivity index (χ2v) is 5.05. The van der Waals surface area contributed by atoms with Gasteiger partial charge in [-0.1, -0.05) is 44.5 Å². The van der Waals surface area contributed by atoms with E-state index in [1.807, 2.05) is 7.05 Å². The van der Waals surface area contributed by atoms with Gasteiger partial charge in [-0.2, -0.15) is 0 Å². The minimum Gasteiger partial charge on any atom is -0.377 e. The Balaban J connectivity index is 2.67. The highest BCUT2D eigenvalue weighted by Gasteiger charge is 2.19. The molecule has 0 aliphatic heterocycles. The first-order valence-electron chi connectivity index (χ1n) is 7.61. The van der Waals surface area contributed by atoms with E-state index in [-0.39, 0.29) is 0 Å². The lowest BCUT2D eigenvalue weighted by atomic mass is 9.97. The van der Waals surface area contributed by atoms with Crippen LogP contribution < -0.4 is 5.32 Å². The average molecular weight is 263 g/mol. The van der Waals surface area contributed by atoms with Crippen molar-refractivity contribution >= 4 is 0 Å². The fraction of sp³-hybridized carbons (Fsp3) is 0.647. The predicted octanol–water partition coefficient (Wildman–Crippen LogP) is 3.58. The van der Waals surface area contributed by atoms with E-state index in [1.165, 1.54) is 11.1 Å². The number of hydrogen-bond donors (Lipinski definition) is 1. The molecule has 1 N–H and O–H groups in total. The maximum atomic E-state index is 5.89. The monoisotopic (exact) mass is 263 g/mol. The minimum atomic E-state index is 0.311. The molecule has 0 aliphatic rings. The number of likely N-dealkylation sites (N-methyl/N-ethyl adjacent to an activating group) is 1. The molecule has 0 saturated carbocycles. The van der Waals surface area contributed by atoms with E-state index in [0.717, 1.165) is 32.3 Å². The van der Waals surface area contributed by atoms with E-state index in [4.69, 9.17) is 4.74 Å². The van der Waals surface area contributed by atoms with E-state index < -0.39 is 0 Å². The third-order valence-corrected chi connectivity index (χ3v) is 3.66. The highest BCUT2D eigenvalue weighted by molar-refractivity contribution is 5.23. The Kier molecular flexibility index (Phi) is 7.76. The number of ether oxygens (including phenoxy) is 1. The molecule has 2 nitrogen and oxygen atoms in total. The van der Waals surface area contributed by atoms with Crippen molar-refractivity contribution in [1.29, 1.82) is 0 Å². The normalized spacial score (nSPS) is 14.3. The van der Waals surface area contributed by atoms with Gasteiger partial charge < -0.3 is 10.1 Å². The van der Waals surface area contributed by atoms with Crippen LogP contribution in [0.1, 0.15) is 44.7 Å². The van der Waals surface area contributed by atoms with Gasteiger partial charge in [-0.15, -0.1) is 0 Å². The van der Waals surface area contributed by atoms with Gasteiger partial charge in [-0.05, 0) is 44.4 Å². The maximum Gasteiger partial charge on any atom is 0.0730 e. The van der Waals surface area contributed by atoms with Crippen molar-refractivity contribution < 1.29 is 4.74 Å². The highest BCUT2D eigenvalue weighted by Crippen LogP contribution is 2.14. The zero-order valence-corrected chi connectivity index (χ0v) is 12.9. The van der Waals surface area contributed by atoms with Crippen molar-refractivity contribution in [1.82, 2.24) is 5.32 Å². The van der Waals surface area contributed by atoms with E-state index >= 15 is 0 Å². The molecule has 2 unspecified atom stereocenters. The van der Waals surface area contributed by atoms with Gasteiger partial charge >= 0.3 is 0 Å². The van der Waals surface area contributed by atoms with Crippen molar-refractivity contribution in [3.05, 3.63) is 35.4 Å². The van der Waals surface area contributed by atoms with Gasteiger partial charge in [0, 0.05) is 12.6 Å². The average Bonchev–Trinajstić information content (AvgIpc) is 2.45. The Morgan fingerprint density at radius 1 is 1.05 bits per heavy atom. The fourth-order valence-corrected chi connectivity index (χ4v) is 2.48. The number of aryl methyl sites for hydroxylation is 1. The van der Waals surface area contributed by atoms with Gasteiger partial charge in [0.05, 0.1) is 6.10 Å². The zero-order valence-electron chi connectivity index (χ0n) is 12.9. The molecule has 0 bridgehead atoms. The molecule has 108 valence electrons. The van der Waals surface area contributed by atoms with Gasteiger partial charge in [0.15, 0.2) is 0 Å². The third kappa shape index (κ3) is 5.33. The molecule has 19 heavy (non-hydrogen) atoms. The first-order chi connectivity index (χ1) is 9.24. The first-order valence-corrected chi connectivity index (χ1v) is 7.61. The predicted molar refractivity (Wildman–Crippen MR) is 82.7 cm³/mol. The van der Waals surface area contributed by atoms with Crippen LogP contribution in [-0.4, -0.2) is 25.8 Å². The van der Waals surface area contributed by atoms with Gasteiger partial charge in [-0.3, -0.25) is 0 Å². The number of hydrogen-bond acceptors (Lipinski definition) is 2. The second-order valence-electron chi connectivity index (χ2n) is 5.05. The molecule has 2 atom stereocenters. The Hall–Kier alpha value is -0.860. The van der Waals surface area contributed by atoms with Crippen LogP contribution in [-0.2, 0) is 17.6 Å². The van der Waals surface area contributed by atoms with Gasteiger partial charge in [-0.25, -0.2) is 0 Å². The molecule has 2 heteroatoms. The summed E-state index contributed by atoms with van der Waals surface area (Å²) in [5.74, 6) is 0. The van der Waals surface area contributed by atoms with Crippen LogP contribution in [0, 0.1) is 0 Å². The second kappa shape index (κ2) is 9.11. The first kappa shape index (κ1) is 16.2. The van der Waals surface area contributed by atoms with Gasteiger partial charge in [0.2, 0.25) is 0 Å². The van der Waals surface area contributed by atoms with Gasteiger partial charge in [0.1, 0.15) is 0 Å². The molecule has 0 aliphatic carbocycles. The summed E-state index contributed by atoms with van der Waals surface area (Å²) in [5.41, 5.74) is 2.79. The third-order valence-electron chi connectivity index (χ3n) is 3.66. The number of nitrogens with one attached hydrogen (secondary N) is 1. The summed E-state index contributed by atoms with van der Waals surface area (Å²) in [6.07, 6.45) is 4.73. The summed E-state index contributed by atoms with van der Waals surface area (Å²) in [6, 6.07) is 9.36. The standard InChI is InChI=1S/C17H29NO/c1-5-8-17(19-7-3)16(18-4)13-15-11-9-14(6-2)10-12-15/h9-12,16-18H,5-8,13H2,1-4H3. The number of benzene rings is 1. The van der Waals surface area contributed by atoms with E-state index in [0.29, 0.717) is 12.1 Å². The Labute approximate surface area is 118 Å². The highest BCUT2D eigenvalue weighted by atomic mass is 16.5. The van der Waals surface area contributed by atoms with Gasteiger partial charge in [0.25, 0.3) is 0 Å². The van der Waals surface area contributed by atoms with Crippen LogP contribution in [0.4, 0.5) is 0 Å². The largest absolute Gasteiger partial charge is 0.377 e. The molecule has 0 fully saturated rings. The summed E-state index contributed by atoms with van der Waals surface area (Å²) in [5, 5.41) is 3.42. The van der Waals surface area contributed by atoms with Crippen LogP contribution in [0.15, 0.2) is 24.3 Å². The molecule has 0 spiro atoms. The topological polar surface area (TPSA) is 21.3 Å². The van der Waals surface area contributed by atoms with E-state index in [2.05, 4.69) is 50.4 Å². The summed E-state index contributed by atoms with van der Waals surface area (Å²) in [7, 11) is 2.03. The van der Waals surface area contributed by atoms with E-state index in [9.17, 15) is 0 Å². The van der Waals surface area contributed by atoms with Crippen LogP contribution in [0.2, 0.25) is 0 Å². The molecule has 0 amide bonds. The summed E-state index contributed by atoms with van der Waals surface area (Å²) >= 11 is 0. The molecule has 1 rings (SSSR count). The Bertz CT molecular complexity index is 328. The maximum absolute atomic E-state index is 5.89. The van der Waals surface area contributed by atoms with Crippen LogP contribution >= 0.6 is 0 Å². The fourth-order valence-electron chi connectivity index (χ4n) is 2.48. The quantitative estimate of drug-likeness (QED) is 0.735. The van der Waals surface area contributed by atoms with Crippen molar-refractivity contribution in [2.75, 3.05) is 13.7 Å². The Morgan fingerprint density at radius 3 is 2.16 bits per heavy atom. The zero-order chi connectivity index (χ0) is 14.1.